The highest BCUT2D eigenvalue weighted by Crippen LogP contribution is 2.06. The average Bonchev–Trinajstić information content (AvgIpc) is 2.61. The van der Waals surface area contributed by atoms with Crippen LogP contribution in [0.1, 0.15) is 21.0 Å². The number of aromatic carboxylic acids is 1. The molecular weight excluding hydrogens is 176 g/mol. The summed E-state index contributed by atoms with van der Waals surface area (Å²) < 4.78 is 1.20. The molecule has 0 fully saturated rings. The summed E-state index contributed by atoms with van der Waals surface area (Å²) in [6.45, 7) is 0. The Bertz CT molecular complexity index is 483. The number of nitrogens with one attached hydrogen (secondary N) is 1. The molecule has 0 unspecified atom stereocenters. The van der Waals surface area contributed by atoms with Crippen molar-refractivity contribution in [2.45, 2.75) is 0 Å². The molecule has 0 aliphatic rings. The molecule has 0 saturated carbocycles. The zero-order valence-electron chi connectivity index (χ0n) is 6.26. The highest BCUT2D eigenvalue weighted by atomic mass is 16.4. The number of carboxylic acids is 1. The van der Waals surface area contributed by atoms with E-state index in [0.717, 1.165) is 0 Å². The third-order valence-electron chi connectivity index (χ3n) is 1.59. The van der Waals surface area contributed by atoms with E-state index in [4.69, 9.17) is 5.11 Å². The van der Waals surface area contributed by atoms with E-state index in [9.17, 15) is 9.59 Å². The molecule has 13 heavy (non-hydrogen) atoms. The summed E-state index contributed by atoms with van der Waals surface area (Å²) >= 11 is 0. The van der Waals surface area contributed by atoms with E-state index in [0.29, 0.717) is 6.29 Å². The van der Waals surface area contributed by atoms with Gasteiger partial charge in [-0.25, -0.2) is 19.5 Å². The van der Waals surface area contributed by atoms with Crippen molar-refractivity contribution < 1.29 is 14.7 Å². The van der Waals surface area contributed by atoms with Gasteiger partial charge in [0.2, 0.25) is 5.69 Å². The first-order valence-corrected chi connectivity index (χ1v) is 3.34. The molecule has 0 amide bonds. The molecule has 0 aromatic carbocycles. The van der Waals surface area contributed by atoms with Gasteiger partial charge in [-0.2, -0.15) is 0 Å². The van der Waals surface area contributed by atoms with Crippen LogP contribution >= 0.6 is 0 Å². The molecule has 7 nitrogen and oxygen atoms in total. The number of aromatic amines is 1. The Hall–Kier alpha value is -2.18. The van der Waals surface area contributed by atoms with E-state index in [1.807, 2.05) is 0 Å². The van der Waals surface area contributed by atoms with Crippen LogP contribution in [0.15, 0.2) is 6.20 Å². The molecule has 0 spiro atoms. The van der Waals surface area contributed by atoms with E-state index in [1.54, 1.807) is 0 Å². The van der Waals surface area contributed by atoms with Crippen molar-refractivity contribution in [2.75, 3.05) is 0 Å². The minimum absolute atomic E-state index is 0.134. The Kier molecular flexibility index (Phi) is 1.38. The number of carbonyl (C=O) groups excluding carboxylic acids is 1. The fraction of sp³-hybridized carbons (Fsp3) is 0. The molecule has 2 aromatic rings. The number of nitrogens with zero attached hydrogens (tertiary/aromatic N) is 3. The Labute approximate surface area is 71.0 Å². The normalized spacial score (nSPS) is 10.5. The van der Waals surface area contributed by atoms with Crippen LogP contribution in [0.3, 0.4) is 0 Å². The van der Waals surface area contributed by atoms with Gasteiger partial charge < -0.3 is 5.11 Å². The Morgan fingerprint density at radius 2 is 2.46 bits per heavy atom. The van der Waals surface area contributed by atoms with Gasteiger partial charge in [-0.15, -0.1) is 5.10 Å². The zero-order chi connectivity index (χ0) is 9.42. The molecule has 2 heterocycles. The van der Waals surface area contributed by atoms with Crippen molar-refractivity contribution in [3.05, 3.63) is 17.6 Å². The lowest BCUT2D eigenvalue weighted by atomic mass is 10.5. The van der Waals surface area contributed by atoms with E-state index in [1.165, 1.54) is 10.7 Å². The molecule has 2 rings (SSSR count). The molecule has 66 valence electrons. The zero-order valence-corrected chi connectivity index (χ0v) is 6.26. The SMILES string of the molecule is O=Cc1cnc2c(C(=O)O)n[nH]n12. The first-order valence-electron chi connectivity index (χ1n) is 3.34. The summed E-state index contributed by atoms with van der Waals surface area (Å²) in [5.41, 5.74) is 0.165. The lowest BCUT2D eigenvalue weighted by Crippen LogP contribution is -1.97. The van der Waals surface area contributed by atoms with Crippen molar-refractivity contribution in [3.63, 3.8) is 0 Å². The molecule has 7 heteroatoms. The Morgan fingerprint density at radius 3 is 3.08 bits per heavy atom. The van der Waals surface area contributed by atoms with E-state index in [-0.39, 0.29) is 17.0 Å². The number of H-pyrrole nitrogens is 1. The summed E-state index contributed by atoms with van der Waals surface area (Å²) in [6, 6.07) is 0. The number of hydrogen-bond acceptors (Lipinski definition) is 4. The van der Waals surface area contributed by atoms with Gasteiger partial charge in [0.1, 0.15) is 5.69 Å². The molecular formula is C6H4N4O3. The van der Waals surface area contributed by atoms with Gasteiger partial charge in [0.05, 0.1) is 6.20 Å². The summed E-state index contributed by atoms with van der Waals surface area (Å²) in [5.74, 6) is -1.19. The molecule has 0 bridgehead atoms. The van der Waals surface area contributed by atoms with Crippen molar-refractivity contribution in [1.82, 2.24) is 19.8 Å². The second-order valence-corrected chi connectivity index (χ2v) is 2.33. The molecule has 0 radical (unpaired) electrons. The maximum absolute atomic E-state index is 10.5. The maximum atomic E-state index is 10.5. The Balaban J connectivity index is 2.76. The van der Waals surface area contributed by atoms with Crippen LogP contribution in [0.25, 0.3) is 5.65 Å². The van der Waals surface area contributed by atoms with Crippen LogP contribution in [0.2, 0.25) is 0 Å². The van der Waals surface area contributed by atoms with Gasteiger partial charge >= 0.3 is 5.97 Å². The van der Waals surface area contributed by atoms with Crippen LogP contribution < -0.4 is 0 Å². The van der Waals surface area contributed by atoms with Crippen LogP contribution in [0.5, 0.6) is 0 Å². The highest BCUT2D eigenvalue weighted by molar-refractivity contribution is 5.92. The second kappa shape index (κ2) is 2.41. The molecule has 0 saturated heterocycles. The van der Waals surface area contributed by atoms with Crippen LogP contribution in [-0.2, 0) is 0 Å². The van der Waals surface area contributed by atoms with Crippen LogP contribution in [-0.4, -0.2) is 37.2 Å². The van der Waals surface area contributed by atoms with Gasteiger partial charge in [-0.1, -0.05) is 0 Å². The number of aldehydes is 1. The average molecular weight is 180 g/mol. The summed E-state index contributed by atoms with van der Waals surface area (Å²) in [4.78, 5) is 24.7. The number of rotatable bonds is 2. The van der Waals surface area contributed by atoms with Gasteiger partial charge in [0.25, 0.3) is 0 Å². The van der Waals surface area contributed by atoms with Crippen LogP contribution in [0.4, 0.5) is 0 Å². The predicted octanol–water partition coefficient (Wildman–Crippen LogP) is -0.432. The first-order chi connectivity index (χ1) is 6.24. The smallest absolute Gasteiger partial charge is 0.360 e. The number of fused-ring (bicyclic) bond motifs is 1. The minimum Gasteiger partial charge on any atom is -0.476 e. The minimum atomic E-state index is -1.19. The van der Waals surface area contributed by atoms with E-state index in [2.05, 4.69) is 15.3 Å². The molecule has 2 aromatic heterocycles. The highest BCUT2D eigenvalue weighted by Gasteiger charge is 2.16. The predicted molar refractivity (Wildman–Crippen MR) is 39.7 cm³/mol. The van der Waals surface area contributed by atoms with Gasteiger partial charge in [-0.05, 0) is 0 Å². The topological polar surface area (TPSA) is 100 Å². The summed E-state index contributed by atoms with van der Waals surface area (Å²) in [7, 11) is 0. The monoisotopic (exact) mass is 180 g/mol. The maximum Gasteiger partial charge on any atom is 0.360 e. The van der Waals surface area contributed by atoms with Crippen LogP contribution in [0, 0.1) is 0 Å². The molecule has 2 N–H and O–H groups in total. The third kappa shape index (κ3) is 0.901. The molecule has 0 aliphatic heterocycles. The fourth-order valence-corrected chi connectivity index (χ4v) is 1.01. The van der Waals surface area contributed by atoms with E-state index < -0.39 is 5.97 Å². The quantitative estimate of drug-likeness (QED) is 0.610. The first kappa shape index (κ1) is 7.47. The number of imidazole rings is 1. The van der Waals surface area contributed by atoms with Crippen molar-refractivity contribution >= 4 is 17.9 Å². The lowest BCUT2D eigenvalue weighted by molar-refractivity contribution is 0.0692. The van der Waals surface area contributed by atoms with Crippen molar-refractivity contribution in [3.8, 4) is 0 Å². The largest absolute Gasteiger partial charge is 0.476 e. The summed E-state index contributed by atoms with van der Waals surface area (Å²) in [6.07, 6.45) is 1.83. The van der Waals surface area contributed by atoms with Crippen molar-refractivity contribution in [2.24, 2.45) is 0 Å². The lowest BCUT2D eigenvalue weighted by Gasteiger charge is -1.82. The standard InChI is InChI=1S/C6H4N4O3/c11-2-3-1-7-5-4(6(12)13)8-9-10(3)5/h1-2,9H,(H,12,13). The molecule has 0 aliphatic carbocycles. The molecule has 0 atom stereocenters. The van der Waals surface area contributed by atoms with Crippen molar-refractivity contribution in [1.29, 1.82) is 0 Å². The Morgan fingerprint density at radius 1 is 1.69 bits per heavy atom. The van der Waals surface area contributed by atoms with Gasteiger partial charge in [-0.3, -0.25) is 4.79 Å². The number of aromatic nitrogens is 4. The number of hydrogen-bond donors (Lipinski definition) is 2. The second-order valence-electron chi connectivity index (χ2n) is 2.33. The third-order valence-corrected chi connectivity index (χ3v) is 1.59. The van der Waals surface area contributed by atoms with E-state index >= 15 is 0 Å². The van der Waals surface area contributed by atoms with Gasteiger partial charge in [0.15, 0.2) is 11.9 Å². The number of carbonyl (C=O) groups is 2. The fourth-order valence-electron chi connectivity index (χ4n) is 1.01. The van der Waals surface area contributed by atoms with Gasteiger partial charge in [0, 0.05) is 0 Å². The summed E-state index contributed by atoms with van der Waals surface area (Å²) in [5, 5.41) is 14.5. The number of carboxylic acid groups (broad SMARTS) is 1.